The molecule has 3 heterocycles. The maximum atomic E-state index is 12.8. The second-order valence-electron chi connectivity index (χ2n) is 7.54. The fourth-order valence-corrected chi connectivity index (χ4v) is 5.39. The Morgan fingerprint density at radius 3 is 2.63 bits per heavy atom. The third-order valence-corrected chi connectivity index (χ3v) is 7.30. The molecular weight excluding hydrogens is 508 g/mol. The first-order valence-corrected chi connectivity index (χ1v) is 13.0. The van der Waals surface area contributed by atoms with Gasteiger partial charge in [-0.1, -0.05) is 42.4 Å². The molecule has 0 bridgehead atoms. The standard InChI is InChI=1S/C24H23ClN4O4S2/c1-4-10-29-21(17-9-11-33-14(17)2)27-28-24(29)35-13-19(30)26-22-20(23(31)32-3)18(12-34-22)15-5-7-16(25)8-6-15/h5-9,11-12H,4,10,13H2,1-3H3,(H,26,30). The van der Waals surface area contributed by atoms with Gasteiger partial charge in [-0.2, -0.15) is 0 Å². The molecule has 4 aromatic rings. The van der Waals surface area contributed by atoms with Crippen LogP contribution in [0.3, 0.4) is 0 Å². The van der Waals surface area contributed by atoms with Crippen molar-refractivity contribution in [1.29, 1.82) is 0 Å². The number of nitrogens with zero attached hydrogens (tertiary/aromatic N) is 3. The summed E-state index contributed by atoms with van der Waals surface area (Å²) in [6.45, 7) is 4.65. The number of aromatic nitrogens is 3. The van der Waals surface area contributed by atoms with Crippen LogP contribution in [-0.2, 0) is 16.1 Å². The van der Waals surface area contributed by atoms with Crippen molar-refractivity contribution in [2.75, 3.05) is 18.2 Å². The molecular formula is C24H23ClN4O4S2. The van der Waals surface area contributed by atoms with Gasteiger partial charge in [-0.05, 0) is 37.1 Å². The molecule has 11 heteroatoms. The van der Waals surface area contributed by atoms with Crippen molar-refractivity contribution in [2.24, 2.45) is 0 Å². The van der Waals surface area contributed by atoms with E-state index in [9.17, 15) is 9.59 Å². The van der Waals surface area contributed by atoms with E-state index in [4.69, 9.17) is 20.8 Å². The van der Waals surface area contributed by atoms with Crippen molar-refractivity contribution in [2.45, 2.75) is 32.0 Å². The number of hydrogen-bond acceptors (Lipinski definition) is 8. The number of aryl methyl sites for hydroxylation is 1. The van der Waals surface area contributed by atoms with Crippen LogP contribution >= 0.6 is 34.7 Å². The molecule has 1 aromatic carbocycles. The highest BCUT2D eigenvalue weighted by Crippen LogP contribution is 2.37. The number of amides is 1. The Hall–Kier alpha value is -3.08. The number of thioether (sulfide) groups is 1. The third kappa shape index (κ3) is 5.44. The van der Waals surface area contributed by atoms with E-state index in [0.29, 0.717) is 38.7 Å². The highest BCUT2D eigenvalue weighted by molar-refractivity contribution is 7.99. The Kier molecular flexibility index (Phi) is 7.94. The van der Waals surface area contributed by atoms with Gasteiger partial charge >= 0.3 is 5.97 Å². The lowest BCUT2D eigenvalue weighted by atomic mass is 10.0. The van der Waals surface area contributed by atoms with Crippen LogP contribution in [0.4, 0.5) is 5.00 Å². The van der Waals surface area contributed by atoms with E-state index < -0.39 is 5.97 Å². The zero-order chi connectivity index (χ0) is 24.9. The zero-order valence-electron chi connectivity index (χ0n) is 19.3. The summed E-state index contributed by atoms with van der Waals surface area (Å²) in [5.74, 6) is 0.771. The van der Waals surface area contributed by atoms with Gasteiger partial charge in [0.15, 0.2) is 11.0 Å². The van der Waals surface area contributed by atoms with Crippen LogP contribution in [0.1, 0.15) is 29.5 Å². The summed E-state index contributed by atoms with van der Waals surface area (Å²) in [5, 5.41) is 14.9. The highest BCUT2D eigenvalue weighted by atomic mass is 35.5. The second kappa shape index (κ2) is 11.1. The number of methoxy groups -OCH3 is 1. The Balaban J connectivity index is 1.52. The number of ether oxygens (including phenoxy) is 1. The van der Waals surface area contributed by atoms with Gasteiger partial charge < -0.3 is 19.0 Å². The van der Waals surface area contributed by atoms with Crippen molar-refractivity contribution in [3.63, 3.8) is 0 Å². The zero-order valence-corrected chi connectivity index (χ0v) is 21.7. The van der Waals surface area contributed by atoms with Crippen LogP contribution in [0.5, 0.6) is 0 Å². The molecule has 3 aromatic heterocycles. The molecule has 0 unspecified atom stereocenters. The van der Waals surface area contributed by atoms with Crippen molar-refractivity contribution in [1.82, 2.24) is 14.8 Å². The molecule has 0 aliphatic heterocycles. The first kappa shape index (κ1) is 25.0. The van der Waals surface area contributed by atoms with Gasteiger partial charge in [0, 0.05) is 22.5 Å². The fourth-order valence-electron chi connectivity index (χ4n) is 3.53. The van der Waals surface area contributed by atoms with Crippen LogP contribution in [0.25, 0.3) is 22.5 Å². The molecule has 35 heavy (non-hydrogen) atoms. The molecule has 182 valence electrons. The monoisotopic (exact) mass is 530 g/mol. The molecule has 0 spiro atoms. The van der Waals surface area contributed by atoms with Crippen molar-refractivity contribution in [3.05, 3.63) is 58.3 Å². The number of rotatable bonds is 9. The SMILES string of the molecule is CCCn1c(SCC(=O)Nc2scc(-c3ccc(Cl)cc3)c2C(=O)OC)nnc1-c1ccoc1C. The summed E-state index contributed by atoms with van der Waals surface area (Å²) >= 11 is 8.54. The lowest BCUT2D eigenvalue weighted by Gasteiger charge is -2.09. The molecule has 0 saturated carbocycles. The van der Waals surface area contributed by atoms with E-state index in [-0.39, 0.29) is 11.7 Å². The van der Waals surface area contributed by atoms with Crippen molar-refractivity contribution < 1.29 is 18.7 Å². The summed E-state index contributed by atoms with van der Waals surface area (Å²) in [4.78, 5) is 25.4. The highest BCUT2D eigenvalue weighted by Gasteiger charge is 2.23. The first-order chi connectivity index (χ1) is 16.9. The van der Waals surface area contributed by atoms with E-state index in [0.717, 1.165) is 23.3 Å². The van der Waals surface area contributed by atoms with Crippen molar-refractivity contribution in [3.8, 4) is 22.5 Å². The summed E-state index contributed by atoms with van der Waals surface area (Å²) in [7, 11) is 1.31. The van der Waals surface area contributed by atoms with Crippen LogP contribution in [0.15, 0.2) is 51.5 Å². The number of furan rings is 1. The summed E-state index contributed by atoms with van der Waals surface area (Å²) < 4.78 is 12.4. The molecule has 1 amide bonds. The van der Waals surface area contributed by atoms with Crippen LogP contribution in [0.2, 0.25) is 5.02 Å². The predicted molar refractivity (Wildman–Crippen MR) is 138 cm³/mol. The number of thiophene rings is 1. The average molecular weight is 531 g/mol. The largest absolute Gasteiger partial charge is 0.469 e. The Bertz CT molecular complexity index is 1340. The summed E-state index contributed by atoms with van der Waals surface area (Å²) in [6, 6.07) is 8.98. The Labute approximate surface area is 215 Å². The normalized spacial score (nSPS) is 11.0. The molecule has 0 fully saturated rings. The number of hydrogen-bond donors (Lipinski definition) is 1. The number of benzene rings is 1. The van der Waals surface area contributed by atoms with E-state index in [1.165, 1.54) is 30.2 Å². The van der Waals surface area contributed by atoms with Gasteiger partial charge in [-0.3, -0.25) is 4.79 Å². The molecule has 0 atom stereocenters. The van der Waals surface area contributed by atoms with E-state index in [1.54, 1.807) is 18.4 Å². The smallest absolute Gasteiger partial charge is 0.341 e. The van der Waals surface area contributed by atoms with E-state index in [1.807, 2.05) is 35.1 Å². The van der Waals surface area contributed by atoms with Crippen LogP contribution in [-0.4, -0.2) is 39.5 Å². The van der Waals surface area contributed by atoms with Crippen LogP contribution in [0, 0.1) is 6.92 Å². The van der Waals surface area contributed by atoms with Crippen molar-refractivity contribution >= 4 is 51.6 Å². The molecule has 0 aliphatic rings. The number of nitrogens with one attached hydrogen (secondary N) is 1. The first-order valence-electron chi connectivity index (χ1n) is 10.8. The average Bonchev–Trinajstić information content (AvgIpc) is 3.56. The molecule has 8 nitrogen and oxygen atoms in total. The second-order valence-corrected chi connectivity index (χ2v) is 9.80. The summed E-state index contributed by atoms with van der Waals surface area (Å²) in [5.41, 5.74) is 2.66. The molecule has 1 N–H and O–H groups in total. The van der Waals surface area contributed by atoms with Gasteiger partial charge in [-0.25, -0.2) is 4.79 Å². The topological polar surface area (TPSA) is 99.2 Å². The van der Waals surface area contributed by atoms with Gasteiger partial charge in [0.25, 0.3) is 0 Å². The Morgan fingerprint density at radius 1 is 1.20 bits per heavy atom. The lowest BCUT2D eigenvalue weighted by molar-refractivity contribution is -0.113. The van der Waals surface area contributed by atoms with Gasteiger partial charge in [0.05, 0.1) is 24.7 Å². The van der Waals surface area contributed by atoms with Gasteiger partial charge in [0.2, 0.25) is 5.91 Å². The van der Waals surface area contributed by atoms with E-state index >= 15 is 0 Å². The van der Waals surface area contributed by atoms with E-state index in [2.05, 4.69) is 22.4 Å². The number of halogens is 1. The van der Waals surface area contributed by atoms with Crippen LogP contribution < -0.4 is 5.32 Å². The quantitative estimate of drug-likeness (QED) is 0.204. The maximum absolute atomic E-state index is 12.8. The van der Waals surface area contributed by atoms with Gasteiger partial charge in [0.1, 0.15) is 16.3 Å². The number of carbonyl (C=O) groups excluding carboxylic acids is 2. The third-order valence-electron chi connectivity index (χ3n) is 5.18. The lowest BCUT2D eigenvalue weighted by Crippen LogP contribution is -2.16. The minimum absolute atomic E-state index is 0.0982. The summed E-state index contributed by atoms with van der Waals surface area (Å²) in [6.07, 6.45) is 2.50. The molecule has 0 radical (unpaired) electrons. The fraction of sp³-hybridized carbons (Fsp3) is 0.250. The predicted octanol–water partition coefficient (Wildman–Crippen LogP) is 6.16. The minimum atomic E-state index is -0.526. The minimum Gasteiger partial charge on any atom is -0.469 e. The number of esters is 1. The molecule has 0 aliphatic carbocycles. The molecule has 0 saturated heterocycles. The Morgan fingerprint density at radius 2 is 1.97 bits per heavy atom. The molecule has 4 rings (SSSR count). The number of anilines is 1. The number of carbonyl (C=O) groups is 2. The van der Waals surface area contributed by atoms with Gasteiger partial charge in [-0.15, -0.1) is 21.5 Å². The maximum Gasteiger partial charge on any atom is 0.341 e.